The molecule has 0 rings (SSSR count). The Morgan fingerprint density at radius 2 is 1.78 bits per heavy atom. The van der Waals surface area contributed by atoms with E-state index in [0.717, 1.165) is 6.04 Å². The van der Waals surface area contributed by atoms with E-state index in [1.54, 1.807) is 0 Å². The SMILES string of the molecule is CC(C)(C)C[Si](C)(N)Cl. The summed E-state index contributed by atoms with van der Waals surface area (Å²) in [6, 6.07) is 0.974. The highest BCUT2D eigenvalue weighted by molar-refractivity contribution is 7.17. The van der Waals surface area contributed by atoms with E-state index in [0.29, 0.717) is 0 Å². The highest BCUT2D eigenvalue weighted by atomic mass is 35.6. The average molecular weight is 166 g/mol. The lowest BCUT2D eigenvalue weighted by Gasteiger charge is -2.24. The van der Waals surface area contributed by atoms with Crippen LogP contribution in [0.25, 0.3) is 0 Å². The van der Waals surface area contributed by atoms with Crippen LogP contribution in [0.3, 0.4) is 0 Å². The second kappa shape index (κ2) is 2.60. The van der Waals surface area contributed by atoms with E-state index < -0.39 is 7.55 Å². The Bertz CT molecular complexity index is 78.2. The van der Waals surface area contributed by atoms with Gasteiger partial charge in [-0.25, -0.2) is 0 Å². The van der Waals surface area contributed by atoms with Crippen LogP contribution in [-0.4, -0.2) is 7.55 Å². The first-order chi connectivity index (χ1) is 3.71. The Labute approximate surface area is 63.4 Å². The molecule has 0 fully saturated rings. The van der Waals surface area contributed by atoms with Crippen LogP contribution in [0.1, 0.15) is 20.8 Å². The molecule has 0 saturated heterocycles. The van der Waals surface area contributed by atoms with Gasteiger partial charge in [0, 0.05) is 0 Å². The zero-order valence-corrected chi connectivity index (χ0v) is 8.42. The van der Waals surface area contributed by atoms with Gasteiger partial charge >= 0.3 is 0 Å². The lowest BCUT2D eigenvalue weighted by atomic mass is 10.0. The molecular weight excluding hydrogens is 150 g/mol. The zero-order chi connectivity index (χ0) is 7.71. The lowest BCUT2D eigenvalue weighted by Crippen LogP contribution is -2.39. The van der Waals surface area contributed by atoms with Gasteiger partial charge in [-0.05, 0) is 18.0 Å². The minimum absolute atomic E-state index is 0.289. The third-order valence-corrected chi connectivity index (χ3v) is 3.03. The van der Waals surface area contributed by atoms with E-state index in [2.05, 4.69) is 20.8 Å². The van der Waals surface area contributed by atoms with Gasteiger partial charge in [0.15, 0.2) is 0 Å². The number of nitrogens with two attached hydrogens (primary N) is 1. The van der Waals surface area contributed by atoms with Gasteiger partial charge < -0.3 is 5.40 Å². The molecule has 0 bridgehead atoms. The molecule has 0 radical (unpaired) electrons. The fourth-order valence-corrected chi connectivity index (χ4v) is 4.31. The zero-order valence-electron chi connectivity index (χ0n) is 6.66. The molecule has 1 nitrogen and oxygen atoms in total. The van der Waals surface area contributed by atoms with Crippen LogP contribution in [0.5, 0.6) is 0 Å². The van der Waals surface area contributed by atoms with E-state index >= 15 is 0 Å². The summed E-state index contributed by atoms with van der Waals surface area (Å²) in [5.74, 6) is 0. The monoisotopic (exact) mass is 165 g/mol. The molecule has 0 aliphatic carbocycles. The smallest absolute Gasteiger partial charge is 0.221 e. The molecule has 1 atom stereocenters. The molecule has 9 heavy (non-hydrogen) atoms. The largest absolute Gasteiger partial charge is 0.339 e. The summed E-state index contributed by atoms with van der Waals surface area (Å²) in [4.78, 5) is 0. The Balaban J connectivity index is 3.75. The van der Waals surface area contributed by atoms with Gasteiger partial charge in [-0.15, -0.1) is 11.1 Å². The predicted octanol–water partition coefficient (Wildman–Crippen LogP) is 2.30. The van der Waals surface area contributed by atoms with Crippen molar-refractivity contribution in [2.75, 3.05) is 0 Å². The Hall–Kier alpha value is 0.467. The summed E-state index contributed by atoms with van der Waals surface area (Å²) in [6.07, 6.45) is 0. The third kappa shape index (κ3) is 8.47. The Morgan fingerprint density at radius 3 is 1.78 bits per heavy atom. The van der Waals surface area contributed by atoms with E-state index in [1.807, 2.05) is 6.55 Å². The quantitative estimate of drug-likeness (QED) is 0.469. The number of hydrogen-bond acceptors (Lipinski definition) is 1. The predicted molar refractivity (Wildman–Crippen MR) is 45.9 cm³/mol. The highest BCUT2D eigenvalue weighted by Crippen LogP contribution is 2.26. The van der Waals surface area contributed by atoms with Crippen molar-refractivity contribution in [2.45, 2.75) is 33.4 Å². The molecule has 0 amide bonds. The van der Waals surface area contributed by atoms with Crippen molar-refractivity contribution in [2.24, 2.45) is 10.8 Å². The molecule has 0 aromatic heterocycles. The van der Waals surface area contributed by atoms with Crippen LogP contribution in [-0.2, 0) is 0 Å². The fourth-order valence-electron chi connectivity index (χ4n) is 1.04. The standard InChI is InChI=1S/C6H16ClNSi/c1-6(2,3)5-9(4,7)8/h5,8H2,1-4H3. The van der Waals surface area contributed by atoms with Crippen LogP contribution in [0.4, 0.5) is 0 Å². The van der Waals surface area contributed by atoms with Crippen molar-refractivity contribution in [3.8, 4) is 0 Å². The van der Waals surface area contributed by atoms with Gasteiger partial charge in [0.25, 0.3) is 0 Å². The Kier molecular flexibility index (Phi) is 2.74. The maximum absolute atomic E-state index is 5.93. The van der Waals surface area contributed by atoms with E-state index in [1.165, 1.54) is 0 Å². The first-order valence-electron chi connectivity index (χ1n) is 3.18. The highest BCUT2D eigenvalue weighted by Gasteiger charge is 2.25. The molecule has 0 spiro atoms. The maximum Gasteiger partial charge on any atom is 0.221 e. The van der Waals surface area contributed by atoms with Crippen molar-refractivity contribution in [3.63, 3.8) is 0 Å². The van der Waals surface area contributed by atoms with Crippen molar-refractivity contribution in [3.05, 3.63) is 0 Å². The summed E-state index contributed by atoms with van der Waals surface area (Å²) < 4.78 is 0. The van der Waals surface area contributed by atoms with Gasteiger partial charge in [-0.3, -0.25) is 0 Å². The molecule has 0 aliphatic rings. The van der Waals surface area contributed by atoms with Gasteiger partial charge in [-0.2, -0.15) is 0 Å². The van der Waals surface area contributed by atoms with Crippen molar-refractivity contribution in [1.82, 2.24) is 0 Å². The van der Waals surface area contributed by atoms with Crippen molar-refractivity contribution in [1.29, 1.82) is 0 Å². The average Bonchev–Trinajstić information content (AvgIpc) is 1.14. The molecule has 3 heteroatoms. The minimum Gasteiger partial charge on any atom is -0.339 e. The van der Waals surface area contributed by atoms with E-state index in [9.17, 15) is 0 Å². The van der Waals surface area contributed by atoms with Crippen molar-refractivity contribution < 1.29 is 0 Å². The van der Waals surface area contributed by atoms with Gasteiger partial charge in [0.05, 0.1) is 0 Å². The van der Waals surface area contributed by atoms with E-state index in [-0.39, 0.29) is 5.41 Å². The Morgan fingerprint density at radius 1 is 1.44 bits per heavy atom. The molecule has 56 valence electrons. The van der Waals surface area contributed by atoms with Crippen LogP contribution in [0.15, 0.2) is 0 Å². The molecule has 0 saturated carbocycles. The van der Waals surface area contributed by atoms with Crippen LogP contribution in [0.2, 0.25) is 12.6 Å². The fraction of sp³-hybridized carbons (Fsp3) is 1.00. The van der Waals surface area contributed by atoms with Crippen LogP contribution < -0.4 is 5.40 Å². The topological polar surface area (TPSA) is 26.0 Å². The first kappa shape index (κ1) is 9.47. The molecule has 0 heterocycles. The summed E-state index contributed by atoms with van der Waals surface area (Å²) in [6.45, 7) is 8.45. The number of halogens is 1. The second-order valence-corrected chi connectivity index (χ2v) is 9.52. The van der Waals surface area contributed by atoms with Crippen LogP contribution in [0, 0.1) is 5.41 Å². The van der Waals surface area contributed by atoms with Gasteiger partial charge in [0.2, 0.25) is 7.55 Å². The van der Waals surface area contributed by atoms with Crippen molar-refractivity contribution >= 4 is 18.6 Å². The lowest BCUT2D eigenvalue weighted by molar-refractivity contribution is 0.463. The summed E-state index contributed by atoms with van der Waals surface area (Å²) >= 11 is 5.93. The maximum atomic E-state index is 5.93. The third-order valence-electron chi connectivity index (χ3n) is 0.876. The second-order valence-electron chi connectivity index (χ2n) is 4.02. The summed E-state index contributed by atoms with van der Waals surface area (Å²) in [5.41, 5.74) is 0.289. The molecule has 2 N–H and O–H groups in total. The normalized spacial score (nSPS) is 19.3. The van der Waals surface area contributed by atoms with E-state index in [4.69, 9.17) is 16.5 Å². The molecular formula is C6H16ClNSi. The van der Waals surface area contributed by atoms with Gasteiger partial charge in [-0.1, -0.05) is 20.8 Å². The molecule has 0 aromatic carbocycles. The van der Waals surface area contributed by atoms with Gasteiger partial charge in [0.1, 0.15) is 0 Å². The number of rotatable bonds is 1. The first-order valence-corrected chi connectivity index (χ1v) is 6.98. The summed E-state index contributed by atoms with van der Waals surface area (Å²) in [5, 5.41) is 5.73. The molecule has 0 aliphatic heterocycles. The molecule has 1 unspecified atom stereocenters. The minimum atomic E-state index is -1.82. The molecule has 0 aromatic rings. The van der Waals surface area contributed by atoms with Crippen LogP contribution >= 0.6 is 11.1 Å². The summed E-state index contributed by atoms with van der Waals surface area (Å²) in [7, 11) is -1.82. The number of hydrogen-bond donors (Lipinski definition) is 1.